The van der Waals surface area contributed by atoms with Gasteiger partial charge in [-0.1, -0.05) is 65.8 Å². The smallest absolute Gasteiger partial charge is 0.180 e. The summed E-state index contributed by atoms with van der Waals surface area (Å²) in [6, 6.07) is 21.7. The van der Waals surface area contributed by atoms with Crippen LogP contribution in [0.4, 0.5) is 4.39 Å². The molecule has 0 aliphatic carbocycles. The first-order valence-electron chi connectivity index (χ1n) is 8.80. The summed E-state index contributed by atoms with van der Waals surface area (Å²) in [6.07, 6.45) is 1.45. The summed E-state index contributed by atoms with van der Waals surface area (Å²) in [4.78, 5) is 0. The number of halogens is 2. The zero-order valence-corrected chi connectivity index (χ0v) is 17.0. The van der Waals surface area contributed by atoms with Gasteiger partial charge >= 0.3 is 0 Å². The molecule has 0 aromatic heterocycles. The summed E-state index contributed by atoms with van der Waals surface area (Å²) in [5.74, 6) is 0.400. The van der Waals surface area contributed by atoms with Crippen molar-refractivity contribution in [2.45, 2.75) is 12.4 Å². The molecule has 2 N–H and O–H groups in total. The van der Waals surface area contributed by atoms with Gasteiger partial charge in [0.25, 0.3) is 0 Å². The summed E-state index contributed by atoms with van der Waals surface area (Å²) >= 11 is 7.23. The highest BCUT2D eigenvalue weighted by Crippen LogP contribution is 2.20. The predicted molar refractivity (Wildman–Crippen MR) is 119 cm³/mol. The maximum Gasteiger partial charge on any atom is 0.180 e. The largest absolute Gasteiger partial charge is 0.486 e. The zero-order chi connectivity index (χ0) is 20.5. The second kappa shape index (κ2) is 10.6. The summed E-state index contributed by atoms with van der Waals surface area (Å²) < 4.78 is 19.8. The van der Waals surface area contributed by atoms with Crippen LogP contribution in [0.2, 0.25) is 5.02 Å². The first-order valence-corrected chi connectivity index (χ1v) is 10.2. The highest BCUT2D eigenvalue weighted by molar-refractivity contribution is 8.13. The molecule has 0 unspecified atom stereocenters. The molecular weight excluding hydrogens is 409 g/mol. The van der Waals surface area contributed by atoms with Crippen molar-refractivity contribution >= 4 is 34.7 Å². The van der Waals surface area contributed by atoms with E-state index in [0.717, 1.165) is 11.1 Å². The van der Waals surface area contributed by atoms with Gasteiger partial charge in [-0.3, -0.25) is 0 Å². The molecule has 0 atom stereocenters. The molecule has 0 fully saturated rings. The Kier molecular flexibility index (Phi) is 7.67. The van der Waals surface area contributed by atoms with Gasteiger partial charge in [-0.2, -0.15) is 5.10 Å². The average molecular weight is 428 g/mol. The van der Waals surface area contributed by atoms with Crippen molar-refractivity contribution < 1.29 is 9.13 Å². The minimum atomic E-state index is -0.474. The van der Waals surface area contributed by atoms with E-state index in [4.69, 9.17) is 22.1 Å². The Morgan fingerprint density at radius 2 is 1.79 bits per heavy atom. The monoisotopic (exact) mass is 427 g/mol. The summed E-state index contributed by atoms with van der Waals surface area (Å²) in [6.45, 7) is 0.251. The van der Waals surface area contributed by atoms with Crippen LogP contribution in [0.3, 0.4) is 0 Å². The SMILES string of the molecule is NC(=NN=Cc1ccc(OCc2ccc(Cl)cc2)c(F)c1)SCc1ccccc1. The molecule has 3 rings (SSSR count). The second-order valence-electron chi connectivity index (χ2n) is 6.06. The summed E-state index contributed by atoms with van der Waals surface area (Å²) in [5.41, 5.74) is 8.45. The third-order valence-corrected chi connectivity index (χ3v) is 4.96. The quantitative estimate of drug-likeness (QED) is 0.301. The maximum atomic E-state index is 14.2. The van der Waals surface area contributed by atoms with Crippen LogP contribution >= 0.6 is 23.4 Å². The molecule has 148 valence electrons. The lowest BCUT2D eigenvalue weighted by Gasteiger charge is -2.08. The maximum absolute atomic E-state index is 14.2. The van der Waals surface area contributed by atoms with E-state index < -0.39 is 5.82 Å². The van der Waals surface area contributed by atoms with E-state index in [-0.39, 0.29) is 12.4 Å². The highest BCUT2D eigenvalue weighted by Gasteiger charge is 2.05. The lowest BCUT2D eigenvalue weighted by molar-refractivity contribution is 0.290. The minimum Gasteiger partial charge on any atom is -0.486 e. The molecule has 0 saturated carbocycles. The number of nitrogens with zero attached hydrogens (tertiary/aromatic N) is 2. The summed E-state index contributed by atoms with van der Waals surface area (Å²) in [5, 5.41) is 8.84. The number of rotatable bonds is 7. The number of hydrogen-bond acceptors (Lipinski definition) is 4. The molecule has 3 aromatic rings. The van der Waals surface area contributed by atoms with Crippen LogP contribution in [0.25, 0.3) is 0 Å². The van der Waals surface area contributed by atoms with Crippen molar-refractivity contribution in [1.82, 2.24) is 0 Å². The second-order valence-corrected chi connectivity index (χ2v) is 7.49. The van der Waals surface area contributed by atoms with E-state index in [1.807, 2.05) is 42.5 Å². The van der Waals surface area contributed by atoms with E-state index in [1.54, 1.807) is 24.3 Å². The fraction of sp³-hybridized carbons (Fsp3) is 0.0909. The van der Waals surface area contributed by atoms with Crippen molar-refractivity contribution in [2.75, 3.05) is 0 Å². The fourth-order valence-electron chi connectivity index (χ4n) is 2.37. The van der Waals surface area contributed by atoms with E-state index in [1.165, 1.54) is 24.0 Å². The number of thioether (sulfide) groups is 1. The van der Waals surface area contributed by atoms with Gasteiger partial charge in [-0.15, -0.1) is 5.10 Å². The molecule has 0 radical (unpaired) electrons. The molecule has 0 spiro atoms. The molecule has 0 aliphatic heterocycles. The van der Waals surface area contributed by atoms with E-state index >= 15 is 0 Å². The molecular formula is C22H19ClFN3OS. The van der Waals surface area contributed by atoms with Crippen molar-refractivity contribution in [1.29, 1.82) is 0 Å². The Morgan fingerprint density at radius 1 is 1.03 bits per heavy atom. The van der Waals surface area contributed by atoms with Crippen LogP contribution in [-0.4, -0.2) is 11.4 Å². The summed E-state index contributed by atoms with van der Waals surface area (Å²) in [7, 11) is 0. The van der Waals surface area contributed by atoms with Crippen LogP contribution in [0.5, 0.6) is 5.75 Å². The van der Waals surface area contributed by atoms with Gasteiger partial charge in [0.1, 0.15) is 6.61 Å². The molecule has 4 nitrogen and oxygen atoms in total. The molecule has 29 heavy (non-hydrogen) atoms. The van der Waals surface area contributed by atoms with Crippen molar-refractivity contribution in [3.63, 3.8) is 0 Å². The third kappa shape index (κ3) is 6.93. The van der Waals surface area contributed by atoms with Gasteiger partial charge in [-0.05, 0) is 47.0 Å². The van der Waals surface area contributed by atoms with Gasteiger partial charge in [-0.25, -0.2) is 4.39 Å². The van der Waals surface area contributed by atoms with Gasteiger partial charge in [0.2, 0.25) is 0 Å². The van der Waals surface area contributed by atoms with Crippen LogP contribution in [-0.2, 0) is 12.4 Å². The fourth-order valence-corrected chi connectivity index (χ4v) is 3.11. The Bertz CT molecular complexity index is 995. The van der Waals surface area contributed by atoms with Crippen LogP contribution in [0, 0.1) is 5.82 Å². The predicted octanol–water partition coefficient (Wildman–Crippen LogP) is 5.64. The lowest BCUT2D eigenvalue weighted by Crippen LogP contribution is -2.06. The van der Waals surface area contributed by atoms with E-state index in [9.17, 15) is 4.39 Å². The number of nitrogens with two attached hydrogens (primary N) is 1. The Morgan fingerprint density at radius 3 is 2.52 bits per heavy atom. The van der Waals surface area contributed by atoms with Gasteiger partial charge in [0, 0.05) is 10.8 Å². The number of ether oxygens (including phenoxy) is 1. The molecule has 0 bridgehead atoms. The minimum absolute atomic E-state index is 0.165. The van der Waals surface area contributed by atoms with Gasteiger partial charge in [0.15, 0.2) is 16.7 Å². The first kappa shape index (κ1) is 20.9. The van der Waals surface area contributed by atoms with Gasteiger partial charge < -0.3 is 10.5 Å². The topological polar surface area (TPSA) is 60.0 Å². The standard InChI is InChI=1S/C22H19ClFN3OS/c23-19-9-6-16(7-10-19)14-28-21-11-8-18(12-20(21)24)13-26-27-22(25)29-15-17-4-2-1-3-5-17/h1-13H,14-15H2,(H2,25,27). The van der Waals surface area contributed by atoms with E-state index in [0.29, 0.717) is 21.5 Å². The van der Waals surface area contributed by atoms with Crippen LogP contribution in [0.15, 0.2) is 83.0 Å². The molecule has 0 aliphatic rings. The van der Waals surface area contributed by atoms with Crippen LogP contribution in [0.1, 0.15) is 16.7 Å². The Hall–Kier alpha value is -2.83. The number of hydrogen-bond donors (Lipinski definition) is 1. The average Bonchev–Trinajstić information content (AvgIpc) is 2.73. The van der Waals surface area contributed by atoms with Crippen molar-refractivity contribution in [2.24, 2.45) is 15.9 Å². The third-order valence-electron chi connectivity index (χ3n) is 3.86. The van der Waals surface area contributed by atoms with Crippen molar-refractivity contribution in [3.8, 4) is 5.75 Å². The van der Waals surface area contributed by atoms with Crippen molar-refractivity contribution in [3.05, 3.63) is 100 Å². The Balaban J connectivity index is 1.53. The molecule has 0 amide bonds. The van der Waals surface area contributed by atoms with Crippen LogP contribution < -0.4 is 10.5 Å². The molecule has 7 heteroatoms. The van der Waals surface area contributed by atoms with E-state index in [2.05, 4.69) is 10.2 Å². The normalized spacial score (nSPS) is 11.7. The Labute approximate surface area is 178 Å². The first-order chi connectivity index (χ1) is 14.1. The van der Waals surface area contributed by atoms with Gasteiger partial charge in [0.05, 0.1) is 6.21 Å². The number of benzene rings is 3. The zero-order valence-electron chi connectivity index (χ0n) is 15.5. The molecule has 0 saturated heterocycles. The molecule has 0 heterocycles. The lowest BCUT2D eigenvalue weighted by atomic mass is 10.2. The number of amidine groups is 1. The highest BCUT2D eigenvalue weighted by atomic mass is 35.5. The molecule has 3 aromatic carbocycles.